The van der Waals surface area contributed by atoms with Crippen LogP contribution in [0.4, 0.5) is 16.2 Å². The van der Waals surface area contributed by atoms with E-state index in [0.717, 1.165) is 23.8 Å². The van der Waals surface area contributed by atoms with Crippen molar-refractivity contribution in [1.82, 2.24) is 9.88 Å². The van der Waals surface area contributed by atoms with Gasteiger partial charge in [0.15, 0.2) is 5.69 Å². The molecule has 0 unspecified atom stereocenters. The Morgan fingerprint density at radius 1 is 1.15 bits per heavy atom. The molecule has 2 aromatic carbocycles. The number of fused-ring (bicyclic) bond motifs is 1. The number of hydrogen-bond donors (Lipinski definition) is 5. The molecule has 2 amide bonds. The Kier molecular flexibility index (Phi) is 8.40. The van der Waals surface area contributed by atoms with Gasteiger partial charge in [0.05, 0.1) is 25.3 Å². The SMILES string of the molecule is Cc1cccc(Cl)c1Cn1c2c(c(O)c(NC(=O)N[C@@H](CC(=O)O)c3cccc(NS(C)(=O)=O)c3)c1=O)CCC2. The zero-order chi connectivity index (χ0) is 29.2. The number of aliphatic carboxylic acids is 1. The number of carboxylic acids is 1. The molecule has 11 nitrogen and oxygen atoms in total. The van der Waals surface area contributed by atoms with Gasteiger partial charge in [-0.25, -0.2) is 13.2 Å². The van der Waals surface area contributed by atoms with Crippen LogP contribution in [0.5, 0.6) is 5.75 Å². The van der Waals surface area contributed by atoms with Gasteiger partial charge in [-0.2, -0.15) is 0 Å². The molecule has 13 heteroatoms. The van der Waals surface area contributed by atoms with Gasteiger partial charge in [0.2, 0.25) is 10.0 Å². The third-order valence-electron chi connectivity index (χ3n) is 6.68. The van der Waals surface area contributed by atoms with Crippen molar-refractivity contribution in [3.63, 3.8) is 0 Å². The largest absolute Gasteiger partial charge is 0.505 e. The molecule has 0 bridgehead atoms. The predicted molar refractivity (Wildman–Crippen MR) is 152 cm³/mol. The van der Waals surface area contributed by atoms with E-state index in [2.05, 4.69) is 15.4 Å². The lowest BCUT2D eigenvalue weighted by Crippen LogP contribution is -2.37. The van der Waals surface area contributed by atoms with Crippen molar-refractivity contribution in [3.8, 4) is 5.75 Å². The quantitative estimate of drug-likeness (QED) is 0.254. The van der Waals surface area contributed by atoms with Gasteiger partial charge in [0.25, 0.3) is 5.56 Å². The van der Waals surface area contributed by atoms with Gasteiger partial charge in [0.1, 0.15) is 5.75 Å². The summed E-state index contributed by atoms with van der Waals surface area (Å²) < 4.78 is 27.0. The van der Waals surface area contributed by atoms with Crippen LogP contribution in [-0.4, -0.2) is 41.5 Å². The van der Waals surface area contributed by atoms with Crippen LogP contribution in [0.25, 0.3) is 0 Å². The molecule has 0 spiro atoms. The summed E-state index contributed by atoms with van der Waals surface area (Å²) in [6.07, 6.45) is 2.26. The van der Waals surface area contributed by atoms with Crippen molar-refractivity contribution in [2.75, 3.05) is 16.3 Å². The van der Waals surface area contributed by atoms with Crippen LogP contribution in [-0.2, 0) is 34.2 Å². The van der Waals surface area contributed by atoms with Gasteiger partial charge in [0, 0.05) is 22.0 Å². The third kappa shape index (κ3) is 6.57. The summed E-state index contributed by atoms with van der Waals surface area (Å²) >= 11 is 6.41. The lowest BCUT2D eigenvalue weighted by molar-refractivity contribution is -0.137. The summed E-state index contributed by atoms with van der Waals surface area (Å²) in [6, 6.07) is 9.35. The van der Waals surface area contributed by atoms with Gasteiger partial charge in [-0.15, -0.1) is 0 Å². The van der Waals surface area contributed by atoms with Crippen LogP contribution in [0.15, 0.2) is 47.3 Å². The number of nitrogens with zero attached hydrogens (tertiary/aromatic N) is 1. The molecule has 40 heavy (non-hydrogen) atoms. The molecule has 1 aliphatic rings. The maximum Gasteiger partial charge on any atom is 0.319 e. The number of carbonyl (C=O) groups is 2. The van der Waals surface area contributed by atoms with E-state index in [0.29, 0.717) is 34.7 Å². The smallest absolute Gasteiger partial charge is 0.319 e. The fraction of sp³-hybridized carbons (Fsp3) is 0.296. The first kappa shape index (κ1) is 29.0. The minimum atomic E-state index is -3.59. The average Bonchev–Trinajstić information content (AvgIpc) is 3.34. The van der Waals surface area contributed by atoms with E-state index < -0.39 is 40.0 Å². The number of amides is 2. The Morgan fingerprint density at radius 3 is 2.55 bits per heavy atom. The van der Waals surface area contributed by atoms with E-state index >= 15 is 0 Å². The van der Waals surface area contributed by atoms with Crippen molar-refractivity contribution in [2.24, 2.45) is 0 Å². The molecule has 5 N–H and O–H groups in total. The number of rotatable bonds is 9. The molecule has 1 aromatic heterocycles. The molecule has 0 fully saturated rings. The molecule has 0 radical (unpaired) electrons. The van der Waals surface area contributed by atoms with E-state index in [1.807, 2.05) is 19.1 Å². The lowest BCUT2D eigenvalue weighted by atomic mass is 10.0. The Bertz CT molecular complexity index is 1630. The number of sulfonamides is 1. The van der Waals surface area contributed by atoms with Gasteiger partial charge in [-0.05, 0) is 61.1 Å². The number of carboxylic acid groups (broad SMARTS) is 1. The normalized spacial score (nSPS) is 13.4. The summed E-state index contributed by atoms with van der Waals surface area (Å²) in [5.41, 5.74) is 2.41. The van der Waals surface area contributed by atoms with Gasteiger partial charge >= 0.3 is 12.0 Å². The van der Waals surface area contributed by atoms with Crippen molar-refractivity contribution in [1.29, 1.82) is 0 Å². The summed E-state index contributed by atoms with van der Waals surface area (Å²) in [7, 11) is -3.59. The van der Waals surface area contributed by atoms with Crippen LogP contribution < -0.4 is 20.9 Å². The highest BCUT2D eigenvalue weighted by atomic mass is 35.5. The summed E-state index contributed by atoms with van der Waals surface area (Å²) in [5.74, 6) is -1.54. The van der Waals surface area contributed by atoms with Crippen molar-refractivity contribution in [3.05, 3.63) is 85.8 Å². The second-order valence-corrected chi connectivity index (χ2v) is 11.8. The number of nitrogens with one attached hydrogen (secondary N) is 3. The minimum absolute atomic E-state index is 0.144. The number of aryl methyl sites for hydroxylation is 1. The first-order valence-electron chi connectivity index (χ1n) is 12.4. The Labute approximate surface area is 235 Å². The van der Waals surface area contributed by atoms with Crippen LogP contribution in [0.1, 0.15) is 46.8 Å². The number of pyridine rings is 1. The fourth-order valence-electron chi connectivity index (χ4n) is 4.86. The number of urea groups is 1. The number of aromatic nitrogens is 1. The number of carbonyl (C=O) groups excluding carboxylic acids is 1. The standard InChI is InChI=1S/C27H29ClN4O7S/c1-15-6-3-10-20(28)19(15)14-32-22-11-5-9-18(22)25(35)24(26(32)36)30-27(37)29-21(13-23(33)34)16-7-4-8-17(12-16)31-40(2,38)39/h3-4,6-8,10,12,21,31,35H,5,9,11,13-14H2,1-2H3,(H,33,34)(H2,29,30,37)/t21-/m0/s1. The predicted octanol–water partition coefficient (Wildman–Crippen LogP) is 3.76. The number of halogens is 1. The van der Waals surface area contributed by atoms with E-state index in [9.17, 15) is 33.0 Å². The fourth-order valence-corrected chi connectivity index (χ4v) is 5.70. The number of anilines is 2. The van der Waals surface area contributed by atoms with Crippen molar-refractivity contribution >= 4 is 45.0 Å². The molecular formula is C27H29ClN4O7S. The number of benzene rings is 2. The highest BCUT2D eigenvalue weighted by Gasteiger charge is 2.27. The van der Waals surface area contributed by atoms with Crippen LogP contribution >= 0.6 is 11.6 Å². The van der Waals surface area contributed by atoms with Crippen LogP contribution in [0, 0.1) is 6.92 Å². The molecule has 1 aliphatic carbocycles. The first-order chi connectivity index (χ1) is 18.8. The zero-order valence-electron chi connectivity index (χ0n) is 21.8. The monoisotopic (exact) mass is 588 g/mol. The van der Waals surface area contributed by atoms with E-state index in [-0.39, 0.29) is 23.7 Å². The topological polar surface area (TPSA) is 167 Å². The highest BCUT2D eigenvalue weighted by Crippen LogP contribution is 2.34. The Hall–Kier alpha value is -4.03. The second kappa shape index (κ2) is 11.6. The Balaban J connectivity index is 1.66. The second-order valence-electron chi connectivity index (χ2n) is 9.68. The van der Waals surface area contributed by atoms with Crippen LogP contribution in [0.3, 0.4) is 0 Å². The van der Waals surface area contributed by atoms with E-state index in [4.69, 9.17) is 11.6 Å². The molecule has 0 saturated heterocycles. The molecule has 0 saturated carbocycles. The van der Waals surface area contributed by atoms with Gasteiger partial charge in [-0.3, -0.25) is 14.3 Å². The number of hydrogen-bond acceptors (Lipinski definition) is 6. The molecule has 3 aromatic rings. The molecule has 4 rings (SSSR count). The molecular weight excluding hydrogens is 560 g/mol. The van der Waals surface area contributed by atoms with Crippen molar-refractivity contribution < 1.29 is 28.2 Å². The van der Waals surface area contributed by atoms with E-state index in [1.54, 1.807) is 6.07 Å². The first-order valence-corrected chi connectivity index (χ1v) is 14.7. The molecule has 1 heterocycles. The lowest BCUT2D eigenvalue weighted by Gasteiger charge is -2.21. The molecule has 0 aliphatic heterocycles. The summed E-state index contributed by atoms with van der Waals surface area (Å²) in [5, 5.41) is 25.8. The summed E-state index contributed by atoms with van der Waals surface area (Å²) in [4.78, 5) is 38.2. The molecule has 1 atom stereocenters. The zero-order valence-corrected chi connectivity index (χ0v) is 23.4. The van der Waals surface area contributed by atoms with Gasteiger partial charge in [-0.1, -0.05) is 35.9 Å². The highest BCUT2D eigenvalue weighted by molar-refractivity contribution is 7.92. The Morgan fingerprint density at radius 2 is 1.88 bits per heavy atom. The summed E-state index contributed by atoms with van der Waals surface area (Å²) in [6.45, 7) is 2.02. The maximum absolute atomic E-state index is 13.6. The maximum atomic E-state index is 13.6. The van der Waals surface area contributed by atoms with Crippen molar-refractivity contribution in [2.45, 2.75) is 45.2 Å². The van der Waals surface area contributed by atoms with E-state index in [1.165, 1.54) is 28.8 Å². The average molecular weight is 589 g/mol. The third-order valence-corrected chi connectivity index (χ3v) is 7.64. The van der Waals surface area contributed by atoms with Crippen LogP contribution in [0.2, 0.25) is 5.02 Å². The minimum Gasteiger partial charge on any atom is -0.505 e. The van der Waals surface area contributed by atoms with Gasteiger partial charge < -0.3 is 25.4 Å². The number of aromatic hydroxyl groups is 1. The molecule has 212 valence electrons.